The fourth-order valence-electron chi connectivity index (χ4n) is 3.28. The summed E-state index contributed by atoms with van der Waals surface area (Å²) in [5.41, 5.74) is 2.78. The smallest absolute Gasteiger partial charge is 0.0208 e. The van der Waals surface area contributed by atoms with Crippen LogP contribution < -0.4 is 5.32 Å². The van der Waals surface area contributed by atoms with Gasteiger partial charge in [0.1, 0.15) is 0 Å². The molecule has 2 rings (SSSR count). The molecular formula is C17H27N. The number of benzene rings is 1. The normalized spacial score (nSPS) is 24.4. The summed E-state index contributed by atoms with van der Waals surface area (Å²) in [6.45, 7) is 7.94. The van der Waals surface area contributed by atoms with E-state index in [1.807, 2.05) is 0 Å². The van der Waals surface area contributed by atoms with E-state index in [1.54, 1.807) is 0 Å². The van der Waals surface area contributed by atoms with Gasteiger partial charge in [0.2, 0.25) is 0 Å². The SMILES string of the molecule is Cc1cccc(CNC2CCCCC2C(C)C)c1. The van der Waals surface area contributed by atoms with Crippen molar-refractivity contribution in [2.75, 3.05) is 0 Å². The molecule has 1 aliphatic carbocycles. The van der Waals surface area contributed by atoms with Crippen LogP contribution in [0.4, 0.5) is 0 Å². The van der Waals surface area contributed by atoms with Crippen LogP contribution in [0.1, 0.15) is 50.7 Å². The summed E-state index contributed by atoms with van der Waals surface area (Å²) < 4.78 is 0. The zero-order valence-electron chi connectivity index (χ0n) is 12.1. The molecule has 1 nitrogen and oxygen atoms in total. The van der Waals surface area contributed by atoms with E-state index >= 15 is 0 Å². The lowest BCUT2D eigenvalue weighted by molar-refractivity contribution is 0.204. The van der Waals surface area contributed by atoms with Crippen molar-refractivity contribution in [2.24, 2.45) is 11.8 Å². The Morgan fingerprint density at radius 2 is 2.00 bits per heavy atom. The van der Waals surface area contributed by atoms with E-state index < -0.39 is 0 Å². The zero-order chi connectivity index (χ0) is 13.0. The lowest BCUT2D eigenvalue weighted by atomic mass is 9.78. The summed E-state index contributed by atoms with van der Waals surface area (Å²) in [6, 6.07) is 9.57. The molecule has 0 spiro atoms. The topological polar surface area (TPSA) is 12.0 Å². The lowest BCUT2D eigenvalue weighted by Gasteiger charge is -2.35. The van der Waals surface area contributed by atoms with Crippen LogP contribution in [-0.4, -0.2) is 6.04 Å². The highest BCUT2D eigenvalue weighted by Crippen LogP contribution is 2.30. The van der Waals surface area contributed by atoms with Gasteiger partial charge in [0.25, 0.3) is 0 Å². The summed E-state index contributed by atoms with van der Waals surface area (Å²) in [7, 11) is 0. The fourth-order valence-corrected chi connectivity index (χ4v) is 3.28. The minimum absolute atomic E-state index is 0.722. The van der Waals surface area contributed by atoms with Gasteiger partial charge >= 0.3 is 0 Å². The van der Waals surface area contributed by atoms with E-state index in [9.17, 15) is 0 Å². The summed E-state index contributed by atoms with van der Waals surface area (Å²) >= 11 is 0. The van der Waals surface area contributed by atoms with Gasteiger partial charge < -0.3 is 5.32 Å². The molecule has 0 aromatic heterocycles. The Morgan fingerprint density at radius 3 is 2.72 bits per heavy atom. The predicted octanol–water partition coefficient (Wildman–Crippen LogP) is 4.30. The molecule has 100 valence electrons. The van der Waals surface area contributed by atoms with E-state index in [-0.39, 0.29) is 0 Å². The largest absolute Gasteiger partial charge is 0.310 e. The average Bonchev–Trinajstić information content (AvgIpc) is 2.37. The summed E-state index contributed by atoms with van der Waals surface area (Å²) in [6.07, 6.45) is 5.58. The van der Waals surface area contributed by atoms with Gasteiger partial charge in [0, 0.05) is 12.6 Å². The molecule has 18 heavy (non-hydrogen) atoms. The molecule has 0 saturated heterocycles. The molecule has 1 N–H and O–H groups in total. The Hall–Kier alpha value is -0.820. The molecule has 0 heterocycles. The highest BCUT2D eigenvalue weighted by Gasteiger charge is 2.26. The van der Waals surface area contributed by atoms with Crippen LogP contribution >= 0.6 is 0 Å². The van der Waals surface area contributed by atoms with E-state index in [1.165, 1.54) is 36.8 Å². The molecular weight excluding hydrogens is 218 g/mol. The molecule has 0 amide bonds. The molecule has 2 unspecified atom stereocenters. The Kier molecular flexibility index (Phi) is 4.82. The van der Waals surface area contributed by atoms with Gasteiger partial charge in [-0.05, 0) is 37.2 Å². The van der Waals surface area contributed by atoms with Crippen molar-refractivity contribution in [3.8, 4) is 0 Å². The Labute approximate surface area is 112 Å². The van der Waals surface area contributed by atoms with Crippen molar-refractivity contribution in [1.82, 2.24) is 5.32 Å². The van der Waals surface area contributed by atoms with Gasteiger partial charge in [-0.15, -0.1) is 0 Å². The van der Waals surface area contributed by atoms with Crippen molar-refractivity contribution in [1.29, 1.82) is 0 Å². The maximum atomic E-state index is 3.80. The van der Waals surface area contributed by atoms with E-state index in [2.05, 4.69) is 50.4 Å². The number of hydrogen-bond donors (Lipinski definition) is 1. The van der Waals surface area contributed by atoms with E-state index in [0.717, 1.165) is 24.4 Å². The third kappa shape index (κ3) is 3.58. The van der Waals surface area contributed by atoms with Crippen molar-refractivity contribution in [3.63, 3.8) is 0 Å². The first-order valence-electron chi connectivity index (χ1n) is 7.46. The predicted molar refractivity (Wildman–Crippen MR) is 78.6 cm³/mol. The first-order chi connectivity index (χ1) is 8.66. The monoisotopic (exact) mass is 245 g/mol. The second-order valence-electron chi connectivity index (χ2n) is 6.17. The highest BCUT2D eigenvalue weighted by molar-refractivity contribution is 5.22. The molecule has 1 heteroatoms. The number of rotatable bonds is 4. The zero-order valence-corrected chi connectivity index (χ0v) is 12.1. The van der Waals surface area contributed by atoms with E-state index in [0.29, 0.717) is 0 Å². The lowest BCUT2D eigenvalue weighted by Crippen LogP contribution is -2.40. The van der Waals surface area contributed by atoms with Crippen molar-refractivity contribution < 1.29 is 0 Å². The van der Waals surface area contributed by atoms with Crippen molar-refractivity contribution >= 4 is 0 Å². The summed E-state index contributed by atoms with van der Waals surface area (Å²) in [4.78, 5) is 0. The number of aryl methyl sites for hydroxylation is 1. The second-order valence-corrected chi connectivity index (χ2v) is 6.17. The molecule has 0 radical (unpaired) electrons. The van der Waals surface area contributed by atoms with E-state index in [4.69, 9.17) is 0 Å². The maximum Gasteiger partial charge on any atom is 0.0208 e. The molecule has 0 aliphatic heterocycles. The van der Waals surface area contributed by atoms with Crippen LogP contribution in [0, 0.1) is 18.8 Å². The van der Waals surface area contributed by atoms with Crippen LogP contribution in [0.3, 0.4) is 0 Å². The molecule has 0 bridgehead atoms. The number of nitrogens with one attached hydrogen (secondary N) is 1. The van der Waals surface area contributed by atoms with Crippen molar-refractivity contribution in [2.45, 2.75) is 59.0 Å². The van der Waals surface area contributed by atoms with Crippen LogP contribution in [0.5, 0.6) is 0 Å². The number of hydrogen-bond acceptors (Lipinski definition) is 1. The van der Waals surface area contributed by atoms with Gasteiger partial charge in [0.05, 0.1) is 0 Å². The molecule has 1 fully saturated rings. The van der Waals surface area contributed by atoms with Crippen LogP contribution in [0.2, 0.25) is 0 Å². The Morgan fingerprint density at radius 1 is 1.22 bits per heavy atom. The van der Waals surface area contributed by atoms with Crippen LogP contribution in [-0.2, 0) is 6.54 Å². The Balaban J connectivity index is 1.91. The quantitative estimate of drug-likeness (QED) is 0.834. The van der Waals surface area contributed by atoms with Gasteiger partial charge in [-0.25, -0.2) is 0 Å². The first kappa shape index (κ1) is 13.6. The van der Waals surface area contributed by atoms with Gasteiger partial charge in [-0.3, -0.25) is 0 Å². The Bertz CT molecular complexity index is 370. The fraction of sp³-hybridized carbons (Fsp3) is 0.647. The minimum Gasteiger partial charge on any atom is -0.310 e. The molecule has 1 aromatic carbocycles. The highest BCUT2D eigenvalue weighted by atomic mass is 14.9. The molecule has 2 atom stereocenters. The first-order valence-corrected chi connectivity index (χ1v) is 7.46. The molecule has 1 saturated carbocycles. The van der Waals surface area contributed by atoms with Crippen LogP contribution in [0.25, 0.3) is 0 Å². The van der Waals surface area contributed by atoms with Gasteiger partial charge in [0.15, 0.2) is 0 Å². The third-order valence-electron chi connectivity index (χ3n) is 4.33. The molecule has 1 aromatic rings. The summed E-state index contributed by atoms with van der Waals surface area (Å²) in [5.74, 6) is 1.67. The standard InChI is InChI=1S/C17H27N/c1-13(2)16-9-4-5-10-17(16)18-12-15-8-6-7-14(3)11-15/h6-8,11,13,16-18H,4-5,9-10,12H2,1-3H3. The van der Waals surface area contributed by atoms with Crippen molar-refractivity contribution in [3.05, 3.63) is 35.4 Å². The molecule has 1 aliphatic rings. The third-order valence-corrected chi connectivity index (χ3v) is 4.33. The second kappa shape index (κ2) is 6.38. The van der Waals surface area contributed by atoms with Gasteiger partial charge in [-0.2, -0.15) is 0 Å². The average molecular weight is 245 g/mol. The van der Waals surface area contributed by atoms with Gasteiger partial charge in [-0.1, -0.05) is 56.5 Å². The maximum absolute atomic E-state index is 3.80. The minimum atomic E-state index is 0.722. The summed E-state index contributed by atoms with van der Waals surface area (Å²) in [5, 5.41) is 3.80. The van der Waals surface area contributed by atoms with Crippen LogP contribution in [0.15, 0.2) is 24.3 Å².